The van der Waals surface area contributed by atoms with Crippen LogP contribution in [0.5, 0.6) is 11.5 Å². The first-order valence-corrected chi connectivity index (χ1v) is 9.90. The molecule has 4 rings (SSSR count). The Balaban J connectivity index is 1.25. The number of rotatable bonds is 6. The summed E-state index contributed by atoms with van der Waals surface area (Å²) in [5.74, 6) is 0.909. The summed E-state index contributed by atoms with van der Waals surface area (Å²) in [5.41, 5.74) is 1.39. The van der Waals surface area contributed by atoms with Crippen LogP contribution in [0.2, 0.25) is 0 Å². The average Bonchev–Trinajstić information content (AvgIpc) is 3.05. The number of benzene rings is 2. The smallest absolute Gasteiger partial charge is 0.290 e. The molecule has 0 atom stereocenters. The number of thioether (sulfide) groups is 1. The summed E-state index contributed by atoms with van der Waals surface area (Å²) in [6.45, 7) is 1.24. The lowest BCUT2D eigenvalue weighted by molar-refractivity contribution is -0.115. The van der Waals surface area contributed by atoms with E-state index in [1.165, 1.54) is 0 Å². The number of hydrogen-bond donors (Lipinski definition) is 1. The van der Waals surface area contributed by atoms with Gasteiger partial charge < -0.3 is 14.4 Å². The van der Waals surface area contributed by atoms with Gasteiger partial charge in [0.2, 0.25) is 0 Å². The van der Waals surface area contributed by atoms with Gasteiger partial charge in [-0.15, -0.1) is 0 Å². The molecule has 2 aliphatic rings. The van der Waals surface area contributed by atoms with Gasteiger partial charge in [-0.2, -0.15) is 0 Å². The van der Waals surface area contributed by atoms with Gasteiger partial charge in [0.1, 0.15) is 11.5 Å². The molecule has 0 aromatic heterocycles. The van der Waals surface area contributed by atoms with Crippen molar-refractivity contribution in [3.05, 3.63) is 64.6 Å². The fourth-order valence-electron chi connectivity index (χ4n) is 2.99. The second kappa shape index (κ2) is 8.40. The Morgan fingerprint density at radius 2 is 1.90 bits per heavy atom. The fraction of sp³-hybridized carbons (Fsp3) is 0.190. The van der Waals surface area contributed by atoms with Crippen LogP contribution in [0.1, 0.15) is 22.3 Å². The third-order valence-electron chi connectivity index (χ3n) is 4.44. The van der Waals surface area contributed by atoms with Crippen molar-refractivity contribution in [2.24, 2.45) is 0 Å². The maximum absolute atomic E-state index is 12.5. The highest BCUT2D eigenvalue weighted by Gasteiger charge is 2.25. The van der Waals surface area contributed by atoms with Crippen LogP contribution < -0.4 is 14.8 Å². The summed E-state index contributed by atoms with van der Waals surface area (Å²) in [6, 6.07) is 14.5. The number of ether oxygens (including phenoxy) is 2. The molecule has 2 aromatic carbocycles. The van der Waals surface area contributed by atoms with Crippen LogP contribution in [0, 0.1) is 0 Å². The SMILES string of the molecule is O=C1NC(=O)C(=Cc2ccc(OCCCN3COc4ccccc4C3=O)cc2)S1. The van der Waals surface area contributed by atoms with E-state index < -0.39 is 0 Å². The Bertz CT molecular complexity index is 987. The molecule has 7 nitrogen and oxygen atoms in total. The number of imide groups is 1. The van der Waals surface area contributed by atoms with Crippen molar-refractivity contribution in [1.82, 2.24) is 10.2 Å². The lowest BCUT2D eigenvalue weighted by Crippen LogP contribution is -2.39. The molecule has 29 heavy (non-hydrogen) atoms. The van der Waals surface area contributed by atoms with Crippen LogP contribution >= 0.6 is 11.8 Å². The van der Waals surface area contributed by atoms with E-state index in [4.69, 9.17) is 9.47 Å². The maximum atomic E-state index is 12.5. The number of fused-ring (bicyclic) bond motifs is 1. The molecule has 1 fully saturated rings. The second-order valence-electron chi connectivity index (χ2n) is 6.46. The minimum Gasteiger partial charge on any atom is -0.494 e. The monoisotopic (exact) mass is 410 g/mol. The van der Waals surface area contributed by atoms with Crippen molar-refractivity contribution < 1.29 is 23.9 Å². The van der Waals surface area contributed by atoms with E-state index in [-0.39, 0.29) is 23.8 Å². The number of para-hydroxylation sites is 1. The molecule has 2 aromatic rings. The molecule has 0 unspecified atom stereocenters. The number of nitrogens with one attached hydrogen (secondary N) is 1. The number of amides is 3. The first-order valence-electron chi connectivity index (χ1n) is 9.09. The molecule has 148 valence electrons. The Hall–Kier alpha value is -3.26. The van der Waals surface area contributed by atoms with Gasteiger partial charge in [0.15, 0.2) is 6.73 Å². The molecule has 8 heteroatoms. The van der Waals surface area contributed by atoms with Crippen molar-refractivity contribution in [2.45, 2.75) is 6.42 Å². The Labute approximate surface area is 171 Å². The van der Waals surface area contributed by atoms with Gasteiger partial charge >= 0.3 is 0 Å². The lowest BCUT2D eigenvalue weighted by atomic mass is 10.1. The summed E-state index contributed by atoms with van der Waals surface area (Å²) < 4.78 is 11.3. The van der Waals surface area contributed by atoms with E-state index in [9.17, 15) is 14.4 Å². The fourth-order valence-corrected chi connectivity index (χ4v) is 3.67. The maximum Gasteiger partial charge on any atom is 0.290 e. The summed E-state index contributed by atoms with van der Waals surface area (Å²) in [5, 5.41) is 1.86. The van der Waals surface area contributed by atoms with Crippen molar-refractivity contribution in [1.29, 1.82) is 0 Å². The molecule has 0 spiro atoms. The topological polar surface area (TPSA) is 84.9 Å². The van der Waals surface area contributed by atoms with Gasteiger partial charge in [-0.1, -0.05) is 24.3 Å². The zero-order valence-electron chi connectivity index (χ0n) is 15.4. The van der Waals surface area contributed by atoms with E-state index in [1.807, 2.05) is 24.3 Å². The van der Waals surface area contributed by atoms with Gasteiger partial charge in [0, 0.05) is 6.54 Å². The van der Waals surface area contributed by atoms with Crippen LogP contribution in [0.4, 0.5) is 4.79 Å². The molecule has 1 saturated heterocycles. The third-order valence-corrected chi connectivity index (χ3v) is 5.25. The van der Waals surface area contributed by atoms with E-state index in [2.05, 4.69) is 5.32 Å². The van der Waals surface area contributed by atoms with E-state index >= 15 is 0 Å². The summed E-state index contributed by atoms with van der Waals surface area (Å²) in [7, 11) is 0. The zero-order chi connectivity index (χ0) is 20.2. The van der Waals surface area contributed by atoms with Crippen LogP contribution in [-0.4, -0.2) is 41.8 Å². The molecule has 0 bridgehead atoms. The number of carbonyl (C=O) groups is 3. The molecule has 2 aliphatic heterocycles. The molecule has 0 aliphatic carbocycles. The molecule has 1 N–H and O–H groups in total. The van der Waals surface area contributed by atoms with Gasteiger partial charge in [-0.3, -0.25) is 19.7 Å². The third kappa shape index (κ3) is 4.43. The van der Waals surface area contributed by atoms with Gasteiger partial charge in [0.05, 0.1) is 17.1 Å². The van der Waals surface area contributed by atoms with Crippen LogP contribution in [0.25, 0.3) is 6.08 Å². The first-order chi connectivity index (χ1) is 14.1. The zero-order valence-corrected chi connectivity index (χ0v) is 16.2. The van der Waals surface area contributed by atoms with Crippen LogP contribution in [0.15, 0.2) is 53.4 Å². The predicted octanol–water partition coefficient (Wildman–Crippen LogP) is 3.27. The lowest BCUT2D eigenvalue weighted by Gasteiger charge is -2.28. The highest BCUT2D eigenvalue weighted by Crippen LogP contribution is 2.26. The molecular formula is C21H18N2O5S. The van der Waals surface area contributed by atoms with Crippen LogP contribution in [0.3, 0.4) is 0 Å². The highest BCUT2D eigenvalue weighted by atomic mass is 32.2. The summed E-state index contributed by atoms with van der Waals surface area (Å²) in [6.07, 6.45) is 2.33. The number of nitrogens with zero attached hydrogens (tertiary/aromatic N) is 1. The van der Waals surface area contributed by atoms with Gasteiger partial charge in [-0.25, -0.2) is 0 Å². The average molecular weight is 410 g/mol. The molecular weight excluding hydrogens is 392 g/mol. The first kappa shape index (κ1) is 19.1. The number of carbonyl (C=O) groups excluding carboxylic acids is 3. The van der Waals surface area contributed by atoms with Crippen molar-refractivity contribution >= 4 is 34.9 Å². The molecule has 3 amide bonds. The summed E-state index contributed by atoms with van der Waals surface area (Å²) in [4.78, 5) is 37.2. The second-order valence-corrected chi connectivity index (χ2v) is 7.48. The quantitative estimate of drug-likeness (QED) is 0.581. The molecule has 0 radical (unpaired) electrons. The normalized spacial score (nSPS) is 17.2. The van der Waals surface area contributed by atoms with E-state index in [1.54, 1.807) is 35.2 Å². The Morgan fingerprint density at radius 1 is 1.10 bits per heavy atom. The molecule has 2 heterocycles. The van der Waals surface area contributed by atoms with Crippen LogP contribution in [-0.2, 0) is 4.79 Å². The van der Waals surface area contributed by atoms with Crippen molar-refractivity contribution in [2.75, 3.05) is 19.9 Å². The van der Waals surface area contributed by atoms with Gasteiger partial charge in [0.25, 0.3) is 17.1 Å². The Morgan fingerprint density at radius 3 is 2.66 bits per heavy atom. The highest BCUT2D eigenvalue weighted by molar-refractivity contribution is 8.18. The predicted molar refractivity (Wildman–Crippen MR) is 109 cm³/mol. The van der Waals surface area contributed by atoms with Gasteiger partial charge in [-0.05, 0) is 54.1 Å². The van der Waals surface area contributed by atoms with Crippen molar-refractivity contribution in [3.63, 3.8) is 0 Å². The molecule has 0 saturated carbocycles. The van der Waals surface area contributed by atoms with E-state index in [0.29, 0.717) is 41.5 Å². The minimum atomic E-state index is -0.376. The minimum absolute atomic E-state index is 0.0310. The summed E-state index contributed by atoms with van der Waals surface area (Å²) >= 11 is 0.887. The largest absolute Gasteiger partial charge is 0.494 e. The number of hydrogen-bond acceptors (Lipinski definition) is 6. The van der Waals surface area contributed by atoms with Crippen molar-refractivity contribution in [3.8, 4) is 11.5 Å². The standard InChI is InChI=1S/C21H18N2O5S/c24-19-18(29-21(26)22-19)12-14-6-8-15(9-7-14)27-11-3-10-23-13-28-17-5-2-1-4-16(17)20(23)25/h1-2,4-9,12H,3,10-11,13H2,(H,22,24,26). The Kier molecular flexibility index (Phi) is 5.53. The van der Waals surface area contributed by atoms with E-state index in [0.717, 1.165) is 17.3 Å².